The van der Waals surface area contributed by atoms with Gasteiger partial charge in [-0.1, -0.05) is 42.3 Å². The highest BCUT2D eigenvalue weighted by Crippen LogP contribution is 2.33. The molecule has 42 heavy (non-hydrogen) atoms. The number of amides is 1. The van der Waals surface area contributed by atoms with Crippen LogP contribution in [0.2, 0.25) is 10.2 Å². The first-order chi connectivity index (χ1) is 19.9. The van der Waals surface area contributed by atoms with Gasteiger partial charge in [0.1, 0.15) is 28.7 Å². The van der Waals surface area contributed by atoms with Crippen LogP contribution < -0.4 is 20.3 Å². The normalized spacial score (nSPS) is 14.7. The largest absolute Gasteiger partial charge is 0.497 e. The molecule has 1 aromatic carbocycles. The quantitative estimate of drug-likeness (QED) is 0.273. The molecule has 1 fully saturated rings. The van der Waals surface area contributed by atoms with Gasteiger partial charge in [-0.2, -0.15) is 0 Å². The number of halogens is 2. The summed E-state index contributed by atoms with van der Waals surface area (Å²) in [5.41, 5.74) is 0.599. The molecule has 12 heteroatoms. The third-order valence-electron chi connectivity index (χ3n) is 7.04. The van der Waals surface area contributed by atoms with E-state index in [0.717, 1.165) is 24.2 Å². The SMILES string of the molecule is COc1ccc(CNc2nccc(C(=O)c3ncc(N4CCC(C)(CNC(=O)OC(C)(C)C)CC4)nc3Cl)c2Cl)cc1. The molecule has 10 nitrogen and oxygen atoms in total. The minimum atomic E-state index is -0.542. The number of benzene rings is 1. The van der Waals surface area contributed by atoms with Gasteiger partial charge in [0.05, 0.1) is 18.3 Å². The van der Waals surface area contributed by atoms with Crippen molar-refractivity contribution in [3.8, 4) is 5.75 Å². The molecular formula is C30H36Cl2N6O4. The van der Waals surface area contributed by atoms with E-state index in [4.69, 9.17) is 32.7 Å². The van der Waals surface area contributed by atoms with Crippen LogP contribution in [-0.4, -0.2) is 59.2 Å². The molecule has 0 aliphatic carbocycles. The summed E-state index contributed by atoms with van der Waals surface area (Å²) in [6.45, 7) is 10.0. The summed E-state index contributed by atoms with van der Waals surface area (Å²) in [4.78, 5) is 40.7. The van der Waals surface area contributed by atoms with Crippen molar-refractivity contribution < 1.29 is 19.1 Å². The highest BCUT2D eigenvalue weighted by molar-refractivity contribution is 6.38. The van der Waals surface area contributed by atoms with Crippen molar-refractivity contribution in [2.45, 2.75) is 52.7 Å². The van der Waals surface area contributed by atoms with Crippen LogP contribution in [0.4, 0.5) is 16.4 Å². The number of rotatable bonds is 9. The predicted octanol–water partition coefficient (Wildman–Crippen LogP) is 6.16. The van der Waals surface area contributed by atoms with Gasteiger partial charge in [-0.25, -0.2) is 19.7 Å². The second kappa shape index (κ2) is 13.1. The van der Waals surface area contributed by atoms with E-state index in [2.05, 4.69) is 37.4 Å². The number of methoxy groups -OCH3 is 1. The molecule has 1 saturated heterocycles. The molecular weight excluding hydrogens is 579 g/mol. The maximum atomic E-state index is 13.4. The maximum Gasteiger partial charge on any atom is 0.407 e. The topological polar surface area (TPSA) is 119 Å². The Morgan fingerprint density at radius 1 is 1.07 bits per heavy atom. The molecule has 3 aromatic rings. The molecule has 2 aromatic heterocycles. The Bertz CT molecular complexity index is 1420. The summed E-state index contributed by atoms with van der Waals surface area (Å²) in [6.07, 6.45) is 4.29. The summed E-state index contributed by atoms with van der Waals surface area (Å²) < 4.78 is 10.5. The van der Waals surface area contributed by atoms with E-state index in [-0.39, 0.29) is 26.8 Å². The molecule has 0 saturated carbocycles. The first-order valence-corrected chi connectivity index (χ1v) is 14.4. The minimum Gasteiger partial charge on any atom is -0.497 e. The highest BCUT2D eigenvalue weighted by atomic mass is 35.5. The summed E-state index contributed by atoms with van der Waals surface area (Å²) in [5, 5.41) is 6.23. The van der Waals surface area contributed by atoms with Gasteiger partial charge < -0.3 is 25.0 Å². The number of pyridine rings is 1. The van der Waals surface area contributed by atoms with Crippen molar-refractivity contribution >= 4 is 46.7 Å². The van der Waals surface area contributed by atoms with E-state index in [0.29, 0.717) is 37.8 Å². The van der Waals surface area contributed by atoms with Gasteiger partial charge in [-0.3, -0.25) is 4.79 Å². The van der Waals surface area contributed by atoms with E-state index in [1.165, 1.54) is 12.3 Å². The Morgan fingerprint density at radius 2 is 1.76 bits per heavy atom. The smallest absolute Gasteiger partial charge is 0.407 e. The van der Waals surface area contributed by atoms with Gasteiger partial charge in [0, 0.05) is 37.9 Å². The Labute approximate surface area is 256 Å². The number of hydrogen-bond donors (Lipinski definition) is 2. The average molecular weight is 616 g/mol. The molecule has 2 N–H and O–H groups in total. The Kier molecular flexibility index (Phi) is 9.78. The van der Waals surface area contributed by atoms with Gasteiger partial charge >= 0.3 is 6.09 Å². The summed E-state index contributed by atoms with van der Waals surface area (Å²) in [5.74, 6) is 1.27. The molecule has 0 unspecified atom stereocenters. The Morgan fingerprint density at radius 3 is 2.38 bits per heavy atom. The zero-order valence-corrected chi connectivity index (χ0v) is 26.0. The third kappa shape index (κ3) is 8.01. The lowest BCUT2D eigenvalue weighted by atomic mass is 9.80. The van der Waals surface area contributed by atoms with Crippen LogP contribution >= 0.6 is 23.2 Å². The van der Waals surface area contributed by atoms with Crippen molar-refractivity contribution in [1.29, 1.82) is 0 Å². The van der Waals surface area contributed by atoms with Crippen LogP contribution in [-0.2, 0) is 11.3 Å². The highest BCUT2D eigenvalue weighted by Gasteiger charge is 2.32. The predicted molar refractivity (Wildman–Crippen MR) is 164 cm³/mol. The van der Waals surface area contributed by atoms with E-state index in [1.54, 1.807) is 13.3 Å². The van der Waals surface area contributed by atoms with Crippen molar-refractivity contribution in [1.82, 2.24) is 20.3 Å². The maximum absolute atomic E-state index is 13.4. The monoisotopic (exact) mass is 614 g/mol. The summed E-state index contributed by atoms with van der Waals surface area (Å²) in [6, 6.07) is 9.11. The van der Waals surface area contributed by atoms with Crippen LogP contribution in [0.3, 0.4) is 0 Å². The van der Waals surface area contributed by atoms with Crippen molar-refractivity contribution in [2.24, 2.45) is 5.41 Å². The molecule has 3 heterocycles. The van der Waals surface area contributed by atoms with Gasteiger partial charge in [0.25, 0.3) is 0 Å². The van der Waals surface area contributed by atoms with E-state index >= 15 is 0 Å². The van der Waals surface area contributed by atoms with Crippen molar-refractivity contribution in [2.75, 3.05) is 37.0 Å². The van der Waals surface area contributed by atoms with Gasteiger partial charge in [0.15, 0.2) is 5.15 Å². The van der Waals surface area contributed by atoms with Crippen LogP contribution in [0.15, 0.2) is 42.7 Å². The lowest BCUT2D eigenvalue weighted by Crippen LogP contribution is -2.46. The Hall–Kier alpha value is -3.63. The molecule has 224 valence electrons. The average Bonchev–Trinajstić information content (AvgIpc) is 2.95. The molecule has 0 radical (unpaired) electrons. The summed E-state index contributed by atoms with van der Waals surface area (Å²) in [7, 11) is 1.61. The van der Waals surface area contributed by atoms with Crippen LogP contribution in [0.5, 0.6) is 5.75 Å². The molecule has 0 bridgehead atoms. The molecule has 4 rings (SSSR count). The fraction of sp³-hybridized carbons (Fsp3) is 0.433. The zero-order chi connectivity index (χ0) is 30.5. The number of anilines is 2. The van der Waals surface area contributed by atoms with Gasteiger partial charge in [-0.15, -0.1) is 0 Å². The van der Waals surface area contributed by atoms with Gasteiger partial charge in [-0.05, 0) is 62.8 Å². The van der Waals surface area contributed by atoms with Crippen LogP contribution in [0.1, 0.15) is 62.2 Å². The first kappa shape index (κ1) is 31.3. The van der Waals surface area contributed by atoms with Crippen LogP contribution in [0, 0.1) is 5.41 Å². The molecule has 1 aliphatic rings. The number of aromatic nitrogens is 3. The van der Waals surface area contributed by atoms with Crippen molar-refractivity contribution in [3.63, 3.8) is 0 Å². The number of ketones is 1. The fourth-order valence-corrected chi connectivity index (χ4v) is 5.00. The molecule has 1 amide bonds. The standard InChI is InChI=1S/C30H36Cl2N6O4/c1-29(2,3)42-28(40)36-18-30(4)11-14-38(15-12-30)22-17-34-24(26(32)37-22)25(39)21-10-13-33-27(23(21)31)35-16-19-6-8-20(41-5)9-7-19/h6-10,13,17H,11-12,14-16,18H2,1-5H3,(H,33,35)(H,36,40). The van der Waals surface area contributed by atoms with Crippen LogP contribution in [0.25, 0.3) is 0 Å². The van der Waals surface area contributed by atoms with E-state index < -0.39 is 17.5 Å². The van der Waals surface area contributed by atoms with E-state index in [1.807, 2.05) is 45.0 Å². The second-order valence-corrected chi connectivity index (χ2v) is 12.3. The lowest BCUT2D eigenvalue weighted by Gasteiger charge is -2.40. The number of ether oxygens (including phenoxy) is 2. The number of piperidine rings is 1. The number of carbonyl (C=O) groups is 2. The molecule has 0 spiro atoms. The molecule has 0 atom stereocenters. The number of nitrogens with zero attached hydrogens (tertiary/aromatic N) is 4. The third-order valence-corrected chi connectivity index (χ3v) is 7.68. The fourth-order valence-electron chi connectivity index (χ4n) is 4.51. The second-order valence-electron chi connectivity index (χ2n) is 11.6. The number of hydrogen-bond acceptors (Lipinski definition) is 9. The zero-order valence-electron chi connectivity index (χ0n) is 24.5. The number of nitrogens with one attached hydrogen (secondary N) is 2. The number of alkyl carbamates (subject to hydrolysis) is 1. The van der Waals surface area contributed by atoms with Gasteiger partial charge in [0.2, 0.25) is 5.78 Å². The lowest BCUT2D eigenvalue weighted by molar-refractivity contribution is 0.0495. The Balaban J connectivity index is 1.38. The minimum absolute atomic E-state index is 0.00181. The number of carbonyl (C=O) groups excluding carboxylic acids is 2. The molecule has 1 aliphatic heterocycles. The van der Waals surface area contributed by atoms with Crippen molar-refractivity contribution in [3.05, 3.63) is 69.7 Å². The van der Waals surface area contributed by atoms with E-state index in [9.17, 15) is 9.59 Å². The summed E-state index contributed by atoms with van der Waals surface area (Å²) >= 11 is 13.1. The first-order valence-electron chi connectivity index (χ1n) is 13.7.